The number of nitrogens with one attached hydrogen (secondary N) is 1. The zero-order chi connectivity index (χ0) is 16.7. The Bertz CT molecular complexity index is 706. The summed E-state index contributed by atoms with van der Waals surface area (Å²) in [5, 5.41) is 22.5. The van der Waals surface area contributed by atoms with Gasteiger partial charge in [-0.1, -0.05) is 12.1 Å². The standard InChI is InChI=1S/C17H16N2O4/c20-16-8-3-14(4-9-16)11-12-18-17(21)10-5-13-1-6-15(7-2-13)19(22)23/h1-10,20H,11-12H2,(H,18,21). The average Bonchev–Trinajstić information content (AvgIpc) is 2.55. The molecule has 2 aromatic carbocycles. The van der Waals surface area contributed by atoms with Crippen LogP contribution in [0, 0.1) is 10.1 Å². The van der Waals surface area contributed by atoms with Crippen LogP contribution < -0.4 is 5.32 Å². The molecule has 6 heteroatoms. The zero-order valence-corrected chi connectivity index (χ0v) is 12.3. The molecule has 0 bridgehead atoms. The fourth-order valence-electron chi connectivity index (χ4n) is 1.93. The molecule has 0 spiro atoms. The van der Waals surface area contributed by atoms with Crippen molar-refractivity contribution in [2.75, 3.05) is 6.54 Å². The van der Waals surface area contributed by atoms with E-state index in [1.54, 1.807) is 42.5 Å². The largest absolute Gasteiger partial charge is 0.508 e. The molecular weight excluding hydrogens is 296 g/mol. The van der Waals surface area contributed by atoms with Crippen LogP contribution in [0.2, 0.25) is 0 Å². The second-order valence-electron chi connectivity index (χ2n) is 4.89. The second kappa shape index (κ2) is 7.74. The Morgan fingerprint density at radius 2 is 1.78 bits per heavy atom. The Morgan fingerprint density at radius 3 is 2.39 bits per heavy atom. The van der Waals surface area contributed by atoms with Gasteiger partial charge in [0.25, 0.3) is 5.69 Å². The maximum Gasteiger partial charge on any atom is 0.269 e. The normalized spacial score (nSPS) is 10.6. The molecule has 0 aliphatic heterocycles. The number of amides is 1. The van der Waals surface area contributed by atoms with Gasteiger partial charge in [0.1, 0.15) is 5.75 Å². The zero-order valence-electron chi connectivity index (χ0n) is 12.3. The Labute approximate surface area is 133 Å². The molecule has 2 rings (SSSR count). The fourth-order valence-corrected chi connectivity index (χ4v) is 1.93. The third-order valence-corrected chi connectivity index (χ3v) is 3.18. The van der Waals surface area contributed by atoms with Crippen LogP contribution in [0.3, 0.4) is 0 Å². The molecule has 6 nitrogen and oxygen atoms in total. The number of benzene rings is 2. The number of non-ortho nitro benzene ring substituents is 1. The molecule has 0 aliphatic carbocycles. The van der Waals surface area contributed by atoms with Crippen molar-refractivity contribution in [2.45, 2.75) is 6.42 Å². The Hall–Kier alpha value is -3.15. The molecular formula is C17H16N2O4. The highest BCUT2D eigenvalue weighted by Crippen LogP contribution is 2.12. The number of carbonyl (C=O) groups excluding carboxylic acids is 1. The minimum Gasteiger partial charge on any atom is -0.508 e. The lowest BCUT2D eigenvalue weighted by Crippen LogP contribution is -2.23. The van der Waals surface area contributed by atoms with Crippen LogP contribution in [0.5, 0.6) is 5.75 Å². The molecule has 2 N–H and O–H groups in total. The van der Waals surface area contributed by atoms with Crippen LogP contribution in [0.1, 0.15) is 11.1 Å². The van der Waals surface area contributed by atoms with Crippen LogP contribution >= 0.6 is 0 Å². The van der Waals surface area contributed by atoms with Gasteiger partial charge in [-0.15, -0.1) is 0 Å². The summed E-state index contributed by atoms with van der Waals surface area (Å²) in [7, 11) is 0. The lowest BCUT2D eigenvalue weighted by molar-refractivity contribution is -0.384. The molecule has 23 heavy (non-hydrogen) atoms. The molecule has 118 valence electrons. The number of phenols is 1. The van der Waals surface area contributed by atoms with Gasteiger partial charge in [0, 0.05) is 24.8 Å². The van der Waals surface area contributed by atoms with Crippen molar-refractivity contribution in [3.05, 3.63) is 75.8 Å². The first kappa shape index (κ1) is 16.2. The van der Waals surface area contributed by atoms with Gasteiger partial charge >= 0.3 is 0 Å². The number of hydrogen-bond acceptors (Lipinski definition) is 4. The average molecular weight is 312 g/mol. The number of nitro benzene ring substituents is 1. The number of nitrogens with zero attached hydrogens (tertiary/aromatic N) is 1. The molecule has 2 aromatic rings. The Balaban J connectivity index is 1.79. The first-order chi connectivity index (χ1) is 11.0. The monoisotopic (exact) mass is 312 g/mol. The molecule has 0 saturated carbocycles. The van der Waals surface area contributed by atoms with Gasteiger partial charge in [0.2, 0.25) is 5.91 Å². The van der Waals surface area contributed by atoms with Gasteiger partial charge in [-0.3, -0.25) is 14.9 Å². The summed E-state index contributed by atoms with van der Waals surface area (Å²) in [5.74, 6) is -0.0223. The second-order valence-corrected chi connectivity index (χ2v) is 4.89. The van der Waals surface area contributed by atoms with Crippen molar-refractivity contribution < 1.29 is 14.8 Å². The van der Waals surface area contributed by atoms with E-state index in [4.69, 9.17) is 0 Å². The number of rotatable bonds is 6. The molecule has 0 fully saturated rings. The van der Waals surface area contributed by atoms with E-state index in [1.807, 2.05) is 0 Å². The predicted octanol–water partition coefficient (Wildman–Crippen LogP) is 2.67. The van der Waals surface area contributed by atoms with E-state index < -0.39 is 4.92 Å². The molecule has 0 saturated heterocycles. The highest BCUT2D eigenvalue weighted by atomic mass is 16.6. The number of phenolic OH excluding ortho intramolecular Hbond substituents is 1. The summed E-state index contributed by atoms with van der Waals surface area (Å²) in [6, 6.07) is 12.8. The van der Waals surface area contributed by atoms with E-state index in [9.17, 15) is 20.0 Å². The van der Waals surface area contributed by atoms with Gasteiger partial charge in [-0.2, -0.15) is 0 Å². The van der Waals surface area contributed by atoms with E-state index in [1.165, 1.54) is 18.2 Å². The van der Waals surface area contributed by atoms with E-state index in [2.05, 4.69) is 5.32 Å². The van der Waals surface area contributed by atoms with Gasteiger partial charge in [0.05, 0.1) is 4.92 Å². The first-order valence-electron chi connectivity index (χ1n) is 7.03. The Morgan fingerprint density at radius 1 is 1.13 bits per heavy atom. The molecule has 0 atom stereocenters. The summed E-state index contributed by atoms with van der Waals surface area (Å²) in [4.78, 5) is 21.8. The van der Waals surface area contributed by atoms with E-state index in [-0.39, 0.29) is 17.3 Å². The first-order valence-corrected chi connectivity index (χ1v) is 7.03. The van der Waals surface area contributed by atoms with E-state index >= 15 is 0 Å². The lowest BCUT2D eigenvalue weighted by atomic mass is 10.1. The number of nitro groups is 1. The maximum absolute atomic E-state index is 11.7. The van der Waals surface area contributed by atoms with Gasteiger partial charge < -0.3 is 10.4 Å². The summed E-state index contributed by atoms with van der Waals surface area (Å²) >= 11 is 0. The van der Waals surface area contributed by atoms with Crippen molar-refractivity contribution in [3.63, 3.8) is 0 Å². The van der Waals surface area contributed by atoms with Crippen molar-refractivity contribution in [1.29, 1.82) is 0 Å². The molecule has 0 heterocycles. The SMILES string of the molecule is O=C(C=Cc1ccc([N+](=O)[O-])cc1)NCCc1ccc(O)cc1. The smallest absolute Gasteiger partial charge is 0.269 e. The topological polar surface area (TPSA) is 92.5 Å². The highest BCUT2D eigenvalue weighted by molar-refractivity contribution is 5.91. The van der Waals surface area contributed by atoms with Crippen molar-refractivity contribution >= 4 is 17.7 Å². The van der Waals surface area contributed by atoms with E-state index in [0.29, 0.717) is 18.5 Å². The number of carbonyl (C=O) groups is 1. The van der Waals surface area contributed by atoms with Crippen LogP contribution in [0.4, 0.5) is 5.69 Å². The van der Waals surface area contributed by atoms with Gasteiger partial charge in [-0.25, -0.2) is 0 Å². The Kier molecular flexibility index (Phi) is 5.46. The van der Waals surface area contributed by atoms with Crippen LogP contribution in [0.15, 0.2) is 54.6 Å². The third kappa shape index (κ3) is 5.28. The van der Waals surface area contributed by atoms with Gasteiger partial charge in [-0.05, 0) is 47.9 Å². The highest BCUT2D eigenvalue weighted by Gasteiger charge is 2.02. The van der Waals surface area contributed by atoms with Crippen LogP contribution in [-0.4, -0.2) is 22.5 Å². The quantitative estimate of drug-likeness (QED) is 0.487. The van der Waals surface area contributed by atoms with Crippen LogP contribution in [-0.2, 0) is 11.2 Å². The third-order valence-electron chi connectivity index (χ3n) is 3.18. The van der Waals surface area contributed by atoms with Crippen molar-refractivity contribution in [2.24, 2.45) is 0 Å². The van der Waals surface area contributed by atoms with Crippen molar-refractivity contribution in [3.8, 4) is 5.75 Å². The van der Waals surface area contributed by atoms with Crippen LogP contribution in [0.25, 0.3) is 6.08 Å². The summed E-state index contributed by atoms with van der Waals surface area (Å²) in [6.07, 6.45) is 3.65. The maximum atomic E-state index is 11.7. The van der Waals surface area contributed by atoms with E-state index in [0.717, 1.165) is 5.56 Å². The molecule has 0 radical (unpaired) electrons. The lowest BCUT2D eigenvalue weighted by Gasteiger charge is -2.03. The number of aromatic hydroxyl groups is 1. The summed E-state index contributed by atoms with van der Waals surface area (Å²) < 4.78 is 0. The minimum atomic E-state index is -0.469. The van der Waals surface area contributed by atoms with Gasteiger partial charge in [0.15, 0.2) is 0 Å². The minimum absolute atomic E-state index is 0.0144. The molecule has 0 aromatic heterocycles. The predicted molar refractivity (Wildman–Crippen MR) is 87.0 cm³/mol. The summed E-state index contributed by atoms with van der Waals surface area (Å²) in [6.45, 7) is 0.480. The molecule has 0 aliphatic rings. The summed E-state index contributed by atoms with van der Waals surface area (Å²) in [5.41, 5.74) is 1.74. The molecule has 0 unspecified atom stereocenters. The molecule has 1 amide bonds. The number of hydrogen-bond donors (Lipinski definition) is 2. The fraction of sp³-hybridized carbons (Fsp3) is 0.118. The van der Waals surface area contributed by atoms with Crippen molar-refractivity contribution in [1.82, 2.24) is 5.32 Å².